The summed E-state index contributed by atoms with van der Waals surface area (Å²) in [5.74, 6) is -2.05. The zero-order chi connectivity index (χ0) is 13.3. The SMILES string of the molecule is O=C(O)[C@H]1CCO[C@@H]1c1ccccc1C(F)(F)F. The van der Waals surface area contributed by atoms with Crippen molar-refractivity contribution in [3.05, 3.63) is 35.4 Å². The quantitative estimate of drug-likeness (QED) is 0.889. The summed E-state index contributed by atoms with van der Waals surface area (Å²) in [5.41, 5.74) is -0.932. The van der Waals surface area contributed by atoms with E-state index in [0.29, 0.717) is 0 Å². The summed E-state index contributed by atoms with van der Waals surface area (Å²) in [4.78, 5) is 11.0. The average molecular weight is 260 g/mol. The van der Waals surface area contributed by atoms with E-state index >= 15 is 0 Å². The Balaban J connectivity index is 2.42. The maximum absolute atomic E-state index is 12.8. The van der Waals surface area contributed by atoms with E-state index in [1.165, 1.54) is 18.2 Å². The van der Waals surface area contributed by atoms with E-state index < -0.39 is 29.7 Å². The van der Waals surface area contributed by atoms with Gasteiger partial charge in [-0.05, 0) is 18.1 Å². The van der Waals surface area contributed by atoms with E-state index in [-0.39, 0.29) is 18.6 Å². The van der Waals surface area contributed by atoms with Crippen molar-refractivity contribution >= 4 is 5.97 Å². The Morgan fingerprint density at radius 3 is 2.61 bits per heavy atom. The number of ether oxygens (including phenoxy) is 1. The first-order valence-corrected chi connectivity index (χ1v) is 5.42. The summed E-state index contributed by atoms with van der Waals surface area (Å²) in [7, 11) is 0. The topological polar surface area (TPSA) is 46.5 Å². The summed E-state index contributed by atoms with van der Waals surface area (Å²) in [5, 5.41) is 8.98. The van der Waals surface area contributed by atoms with E-state index in [1.807, 2.05) is 0 Å². The van der Waals surface area contributed by atoms with Crippen LogP contribution in [0.5, 0.6) is 0 Å². The van der Waals surface area contributed by atoms with Gasteiger partial charge in [0.1, 0.15) is 0 Å². The second-order valence-corrected chi connectivity index (χ2v) is 4.11. The van der Waals surface area contributed by atoms with E-state index in [4.69, 9.17) is 9.84 Å². The van der Waals surface area contributed by atoms with Crippen LogP contribution in [-0.2, 0) is 15.7 Å². The molecule has 0 unspecified atom stereocenters. The van der Waals surface area contributed by atoms with Gasteiger partial charge in [-0.25, -0.2) is 0 Å². The molecule has 1 aromatic rings. The van der Waals surface area contributed by atoms with E-state index in [0.717, 1.165) is 6.07 Å². The fraction of sp³-hybridized carbons (Fsp3) is 0.417. The van der Waals surface area contributed by atoms with Crippen molar-refractivity contribution in [1.82, 2.24) is 0 Å². The van der Waals surface area contributed by atoms with Gasteiger partial charge in [0.2, 0.25) is 0 Å². The van der Waals surface area contributed by atoms with Crippen LogP contribution in [0.4, 0.5) is 13.2 Å². The lowest BCUT2D eigenvalue weighted by molar-refractivity contribution is -0.146. The number of rotatable bonds is 2. The largest absolute Gasteiger partial charge is 0.481 e. The highest BCUT2D eigenvalue weighted by Gasteiger charge is 2.41. The van der Waals surface area contributed by atoms with Gasteiger partial charge in [-0.3, -0.25) is 4.79 Å². The number of carboxylic acid groups (broad SMARTS) is 1. The highest BCUT2D eigenvalue weighted by Crippen LogP contribution is 2.41. The molecule has 0 aromatic heterocycles. The Morgan fingerprint density at radius 2 is 2.00 bits per heavy atom. The Hall–Kier alpha value is -1.56. The Kier molecular flexibility index (Phi) is 3.30. The Morgan fingerprint density at radius 1 is 1.33 bits per heavy atom. The van der Waals surface area contributed by atoms with Crippen molar-refractivity contribution < 1.29 is 27.8 Å². The normalized spacial score (nSPS) is 24.2. The monoisotopic (exact) mass is 260 g/mol. The highest BCUT2D eigenvalue weighted by molar-refractivity contribution is 5.71. The van der Waals surface area contributed by atoms with Gasteiger partial charge in [0.25, 0.3) is 0 Å². The number of halogens is 3. The predicted octanol–water partition coefficient (Wildman–Crippen LogP) is 2.87. The van der Waals surface area contributed by atoms with Gasteiger partial charge in [-0.2, -0.15) is 13.2 Å². The second-order valence-electron chi connectivity index (χ2n) is 4.11. The lowest BCUT2D eigenvalue weighted by atomic mass is 9.92. The van der Waals surface area contributed by atoms with Crippen molar-refractivity contribution in [2.45, 2.75) is 18.7 Å². The minimum atomic E-state index is -4.51. The molecule has 1 aliphatic heterocycles. The van der Waals surface area contributed by atoms with Crippen LogP contribution in [0.2, 0.25) is 0 Å². The number of benzene rings is 1. The van der Waals surface area contributed by atoms with Gasteiger partial charge in [0.15, 0.2) is 0 Å². The first-order valence-electron chi connectivity index (χ1n) is 5.42. The molecule has 1 aliphatic rings. The standard InChI is InChI=1S/C12H11F3O3/c13-12(14,15)9-4-2-1-3-7(9)10-8(11(16)17)5-6-18-10/h1-4,8,10H,5-6H2,(H,16,17)/t8-,10+/m0/s1. The molecule has 1 N–H and O–H groups in total. The molecule has 0 bridgehead atoms. The van der Waals surface area contributed by atoms with Crippen molar-refractivity contribution in [1.29, 1.82) is 0 Å². The number of alkyl halides is 3. The van der Waals surface area contributed by atoms with Gasteiger partial charge in [-0.1, -0.05) is 18.2 Å². The fourth-order valence-corrected chi connectivity index (χ4v) is 2.15. The molecule has 1 fully saturated rings. The van der Waals surface area contributed by atoms with E-state index in [1.54, 1.807) is 0 Å². The predicted molar refractivity (Wildman–Crippen MR) is 55.9 cm³/mol. The lowest BCUT2D eigenvalue weighted by Gasteiger charge is -2.20. The number of hydrogen-bond acceptors (Lipinski definition) is 2. The van der Waals surface area contributed by atoms with Crippen LogP contribution in [0.15, 0.2) is 24.3 Å². The van der Waals surface area contributed by atoms with Crippen molar-refractivity contribution in [2.24, 2.45) is 5.92 Å². The van der Waals surface area contributed by atoms with Gasteiger partial charge in [0.05, 0.1) is 17.6 Å². The molecule has 0 radical (unpaired) electrons. The first kappa shape index (κ1) is 12.9. The average Bonchev–Trinajstić information content (AvgIpc) is 2.76. The third kappa shape index (κ3) is 2.33. The fourth-order valence-electron chi connectivity index (χ4n) is 2.15. The molecular formula is C12H11F3O3. The maximum Gasteiger partial charge on any atom is 0.416 e. The minimum absolute atomic E-state index is 0.102. The van der Waals surface area contributed by atoms with Crippen LogP contribution >= 0.6 is 0 Å². The molecule has 1 heterocycles. The van der Waals surface area contributed by atoms with Gasteiger partial charge in [-0.15, -0.1) is 0 Å². The molecule has 3 nitrogen and oxygen atoms in total. The van der Waals surface area contributed by atoms with E-state index in [2.05, 4.69) is 0 Å². The van der Waals surface area contributed by atoms with Gasteiger partial charge < -0.3 is 9.84 Å². The zero-order valence-corrected chi connectivity index (χ0v) is 9.28. The minimum Gasteiger partial charge on any atom is -0.481 e. The molecule has 0 aliphatic carbocycles. The van der Waals surface area contributed by atoms with Crippen LogP contribution in [-0.4, -0.2) is 17.7 Å². The molecule has 6 heteroatoms. The van der Waals surface area contributed by atoms with Gasteiger partial charge >= 0.3 is 12.1 Å². The summed E-state index contributed by atoms with van der Waals surface area (Å²) in [6.45, 7) is 0.161. The third-order valence-corrected chi connectivity index (χ3v) is 2.98. The smallest absolute Gasteiger partial charge is 0.416 e. The van der Waals surface area contributed by atoms with Crippen LogP contribution in [0.25, 0.3) is 0 Å². The highest BCUT2D eigenvalue weighted by atomic mass is 19.4. The molecule has 18 heavy (non-hydrogen) atoms. The Bertz CT molecular complexity index is 456. The summed E-state index contributed by atoms with van der Waals surface area (Å²) < 4.78 is 43.6. The number of hydrogen-bond donors (Lipinski definition) is 1. The van der Waals surface area contributed by atoms with Gasteiger partial charge in [0, 0.05) is 6.61 Å². The lowest BCUT2D eigenvalue weighted by Crippen LogP contribution is -2.20. The first-order chi connectivity index (χ1) is 8.41. The van der Waals surface area contributed by atoms with Crippen molar-refractivity contribution in [3.8, 4) is 0 Å². The molecule has 0 spiro atoms. The number of carbonyl (C=O) groups is 1. The van der Waals surface area contributed by atoms with Crippen LogP contribution in [0.3, 0.4) is 0 Å². The molecule has 1 saturated heterocycles. The van der Waals surface area contributed by atoms with Crippen LogP contribution < -0.4 is 0 Å². The summed E-state index contributed by atoms with van der Waals surface area (Å²) in [6.07, 6.45) is -5.31. The molecule has 2 atom stereocenters. The number of carboxylic acids is 1. The molecule has 0 saturated carbocycles. The number of aliphatic carboxylic acids is 1. The van der Waals surface area contributed by atoms with Crippen molar-refractivity contribution in [2.75, 3.05) is 6.61 Å². The molecule has 1 aromatic carbocycles. The summed E-state index contributed by atoms with van der Waals surface area (Å²) in [6, 6.07) is 4.94. The Labute approximate surface area is 101 Å². The maximum atomic E-state index is 12.8. The zero-order valence-electron chi connectivity index (χ0n) is 9.28. The third-order valence-electron chi connectivity index (χ3n) is 2.98. The second kappa shape index (κ2) is 4.61. The van der Waals surface area contributed by atoms with Crippen LogP contribution in [0.1, 0.15) is 23.7 Å². The molecular weight excluding hydrogens is 249 g/mol. The summed E-state index contributed by atoms with van der Waals surface area (Å²) >= 11 is 0. The van der Waals surface area contributed by atoms with E-state index in [9.17, 15) is 18.0 Å². The molecule has 98 valence electrons. The molecule has 2 rings (SSSR count). The van der Waals surface area contributed by atoms with Crippen molar-refractivity contribution in [3.63, 3.8) is 0 Å². The molecule has 0 amide bonds. The van der Waals surface area contributed by atoms with Crippen LogP contribution in [0, 0.1) is 5.92 Å².